The molecule has 2 amide bonds. The number of nitrogens with zero attached hydrogens (tertiary/aromatic N) is 3. The molecule has 0 spiro atoms. The monoisotopic (exact) mass is 681 g/mol. The van der Waals surface area contributed by atoms with Gasteiger partial charge in [-0.05, 0) is 60.2 Å². The number of carbonyl (C=O) groups is 2. The zero-order valence-corrected chi connectivity index (χ0v) is 26.5. The van der Waals surface area contributed by atoms with Gasteiger partial charge in [0.1, 0.15) is 23.8 Å². The van der Waals surface area contributed by atoms with E-state index in [0.29, 0.717) is 32.1 Å². The second kappa shape index (κ2) is 15.6. The quantitative estimate of drug-likeness (QED) is 0.109. The van der Waals surface area contributed by atoms with E-state index in [0.717, 1.165) is 12.1 Å². The zero-order valence-electron chi connectivity index (χ0n) is 25.0. The molecule has 4 aromatic carbocycles. The number of para-hydroxylation sites is 2. The lowest BCUT2D eigenvalue weighted by Crippen LogP contribution is -2.40. The van der Waals surface area contributed by atoms with E-state index in [4.69, 9.17) is 25.8 Å². The zero-order chi connectivity index (χ0) is 34.0. The van der Waals surface area contributed by atoms with Crippen LogP contribution < -0.4 is 29.3 Å². The molecule has 16 heteroatoms. The molecule has 4 rings (SSSR count). The summed E-state index contributed by atoms with van der Waals surface area (Å²) in [5.41, 5.74) is 2.53. The first-order valence-electron chi connectivity index (χ1n) is 13.6. The molecule has 0 aliphatic rings. The number of halogens is 1. The molecule has 0 fully saturated rings. The number of hydrazone groups is 1. The lowest BCUT2D eigenvalue weighted by atomic mass is 10.2. The first kappa shape index (κ1) is 34.2. The van der Waals surface area contributed by atoms with Crippen LogP contribution in [0.15, 0.2) is 101 Å². The van der Waals surface area contributed by atoms with Crippen molar-refractivity contribution in [3.63, 3.8) is 0 Å². The molecular formula is C31H28ClN5O9S. The van der Waals surface area contributed by atoms with Gasteiger partial charge in [0, 0.05) is 12.1 Å². The Hall–Kier alpha value is -5.67. The van der Waals surface area contributed by atoms with Crippen molar-refractivity contribution in [3.05, 3.63) is 112 Å². The third-order valence-electron chi connectivity index (χ3n) is 6.37. The summed E-state index contributed by atoms with van der Waals surface area (Å²) in [7, 11) is -1.98. The predicted octanol–water partition coefficient (Wildman–Crippen LogP) is 4.63. The minimum absolute atomic E-state index is 0.0338. The Morgan fingerprint density at radius 2 is 1.62 bits per heavy atom. The van der Waals surface area contributed by atoms with Crippen LogP contribution in [0.2, 0.25) is 5.02 Å². The molecule has 0 saturated carbocycles. The highest BCUT2D eigenvalue weighted by Gasteiger charge is 2.34. The van der Waals surface area contributed by atoms with E-state index in [-0.39, 0.29) is 18.0 Å². The first-order valence-corrected chi connectivity index (χ1v) is 15.4. The highest BCUT2D eigenvalue weighted by atomic mass is 35.5. The van der Waals surface area contributed by atoms with Crippen LogP contribution in [0.25, 0.3) is 0 Å². The maximum absolute atomic E-state index is 13.8. The summed E-state index contributed by atoms with van der Waals surface area (Å²) in [6.45, 7) is -1.07. The molecule has 0 aliphatic heterocycles. The van der Waals surface area contributed by atoms with Crippen LogP contribution in [0.5, 0.6) is 17.2 Å². The fourth-order valence-corrected chi connectivity index (χ4v) is 5.90. The fourth-order valence-electron chi connectivity index (χ4n) is 4.13. The molecule has 0 radical (unpaired) electrons. The number of benzene rings is 4. The Morgan fingerprint density at radius 3 is 2.30 bits per heavy atom. The van der Waals surface area contributed by atoms with E-state index in [1.807, 2.05) is 0 Å². The highest BCUT2D eigenvalue weighted by molar-refractivity contribution is 7.93. The number of carbonyl (C=O) groups excluding carboxylic acids is 2. The van der Waals surface area contributed by atoms with Gasteiger partial charge >= 0.3 is 0 Å². The maximum atomic E-state index is 13.8. The minimum Gasteiger partial charge on any atom is -0.497 e. The van der Waals surface area contributed by atoms with Crippen LogP contribution in [0.4, 0.5) is 17.1 Å². The third-order valence-corrected chi connectivity index (χ3v) is 8.51. The summed E-state index contributed by atoms with van der Waals surface area (Å²) in [6, 6.07) is 22.2. The molecule has 0 atom stereocenters. The molecule has 0 aromatic heterocycles. The molecule has 47 heavy (non-hydrogen) atoms. The normalized spacial score (nSPS) is 11.0. The van der Waals surface area contributed by atoms with Crippen LogP contribution in [0, 0.1) is 10.1 Å². The Morgan fingerprint density at radius 1 is 0.936 bits per heavy atom. The van der Waals surface area contributed by atoms with Crippen LogP contribution in [-0.4, -0.2) is 58.7 Å². The topological polar surface area (TPSA) is 179 Å². The smallest absolute Gasteiger partial charge is 0.289 e. The Balaban J connectivity index is 1.46. The number of ether oxygens (including phenoxy) is 3. The highest BCUT2D eigenvalue weighted by Crippen LogP contribution is 2.37. The van der Waals surface area contributed by atoms with Gasteiger partial charge in [-0.3, -0.25) is 24.0 Å². The Kier molecular flexibility index (Phi) is 11.3. The van der Waals surface area contributed by atoms with E-state index < -0.39 is 43.9 Å². The lowest BCUT2D eigenvalue weighted by molar-refractivity contribution is -0.387. The number of methoxy groups -OCH3 is 2. The molecule has 0 saturated heterocycles. The number of amides is 2. The number of nitro groups is 1. The van der Waals surface area contributed by atoms with Crippen LogP contribution in [0.3, 0.4) is 0 Å². The molecule has 2 N–H and O–H groups in total. The Bertz CT molecular complexity index is 1900. The molecular weight excluding hydrogens is 654 g/mol. The third kappa shape index (κ3) is 8.74. The van der Waals surface area contributed by atoms with Gasteiger partial charge in [0.2, 0.25) is 0 Å². The van der Waals surface area contributed by atoms with E-state index in [2.05, 4.69) is 15.8 Å². The number of rotatable bonds is 14. The summed E-state index contributed by atoms with van der Waals surface area (Å²) in [4.78, 5) is 35.4. The minimum atomic E-state index is -4.68. The standard InChI is InChI=1S/C31H28ClN5O9S/c1-44-23-15-16-26(28(17-23)45-2)36(47(42,43)29-10-6-5-9-27(29)37(40)41)19-30(38)35-33-18-21-11-13-22(14-12-21)46-20-31(39)34-25-8-4-3-7-24(25)32/h3-18H,19-20H2,1-2H3,(H,34,39)(H,35,38)/b33-18-. The number of sulfonamides is 1. The molecule has 0 unspecified atom stereocenters. The maximum Gasteiger partial charge on any atom is 0.289 e. The van der Waals surface area contributed by atoms with Gasteiger partial charge in [-0.25, -0.2) is 13.8 Å². The van der Waals surface area contributed by atoms with E-state index >= 15 is 0 Å². The second-order valence-electron chi connectivity index (χ2n) is 9.45. The molecule has 0 bridgehead atoms. The van der Waals surface area contributed by atoms with Crippen molar-refractivity contribution in [2.24, 2.45) is 5.10 Å². The van der Waals surface area contributed by atoms with E-state index in [1.54, 1.807) is 48.5 Å². The fraction of sp³-hybridized carbons (Fsp3) is 0.129. The average molecular weight is 682 g/mol. The van der Waals surface area contributed by atoms with E-state index in [1.165, 1.54) is 50.8 Å². The van der Waals surface area contributed by atoms with Crippen LogP contribution in [0.1, 0.15) is 5.56 Å². The molecule has 14 nitrogen and oxygen atoms in total. The number of nitro benzene ring substituents is 1. The van der Waals surface area contributed by atoms with Crippen molar-refractivity contribution in [2.75, 3.05) is 37.0 Å². The van der Waals surface area contributed by atoms with Crippen molar-refractivity contribution in [1.29, 1.82) is 0 Å². The summed E-state index contributed by atoms with van der Waals surface area (Å²) < 4.78 is 44.4. The first-order chi connectivity index (χ1) is 22.5. The largest absolute Gasteiger partial charge is 0.497 e. The lowest BCUT2D eigenvalue weighted by Gasteiger charge is -2.25. The van der Waals surface area contributed by atoms with Gasteiger partial charge in [0.05, 0.1) is 41.8 Å². The van der Waals surface area contributed by atoms with Gasteiger partial charge in [0.15, 0.2) is 11.5 Å². The van der Waals surface area contributed by atoms with Crippen LogP contribution in [-0.2, 0) is 19.6 Å². The second-order valence-corrected chi connectivity index (χ2v) is 11.7. The molecule has 4 aromatic rings. The van der Waals surface area contributed by atoms with Crippen molar-refractivity contribution in [3.8, 4) is 17.2 Å². The van der Waals surface area contributed by atoms with Gasteiger partial charge in [-0.2, -0.15) is 5.10 Å². The van der Waals surface area contributed by atoms with Gasteiger partial charge in [-0.15, -0.1) is 0 Å². The Labute approximate surface area is 274 Å². The number of hydrogen-bond acceptors (Lipinski definition) is 10. The number of hydrogen-bond donors (Lipinski definition) is 2. The summed E-state index contributed by atoms with van der Waals surface area (Å²) in [6.07, 6.45) is 1.31. The van der Waals surface area contributed by atoms with Crippen LogP contribution >= 0.6 is 11.6 Å². The summed E-state index contributed by atoms with van der Waals surface area (Å²) >= 11 is 6.05. The molecule has 0 aliphatic carbocycles. The number of nitrogens with one attached hydrogen (secondary N) is 2. The molecule has 0 heterocycles. The van der Waals surface area contributed by atoms with Crippen molar-refractivity contribution < 1.29 is 37.1 Å². The summed E-state index contributed by atoms with van der Waals surface area (Å²) in [5.74, 6) is -0.488. The van der Waals surface area contributed by atoms with Crippen molar-refractivity contribution in [2.45, 2.75) is 4.90 Å². The van der Waals surface area contributed by atoms with Gasteiger partial charge in [0.25, 0.3) is 27.5 Å². The van der Waals surface area contributed by atoms with Crippen molar-refractivity contribution in [1.82, 2.24) is 5.43 Å². The van der Waals surface area contributed by atoms with Gasteiger partial charge in [-0.1, -0.05) is 35.9 Å². The SMILES string of the molecule is COc1ccc(N(CC(=O)N/N=C\c2ccc(OCC(=O)Nc3ccccc3Cl)cc2)S(=O)(=O)c2ccccc2[N+](=O)[O-])c(OC)c1. The van der Waals surface area contributed by atoms with Crippen molar-refractivity contribution >= 4 is 56.7 Å². The van der Waals surface area contributed by atoms with Gasteiger partial charge < -0.3 is 19.5 Å². The summed E-state index contributed by atoms with van der Waals surface area (Å²) in [5, 5.41) is 18.6. The predicted molar refractivity (Wildman–Crippen MR) is 175 cm³/mol. The van der Waals surface area contributed by atoms with E-state index in [9.17, 15) is 28.1 Å². The number of anilines is 2. The average Bonchev–Trinajstić information content (AvgIpc) is 3.07. The molecule has 244 valence electrons.